The Bertz CT molecular complexity index is 694. The van der Waals surface area contributed by atoms with Gasteiger partial charge in [-0.05, 0) is 47.9 Å². The van der Waals surface area contributed by atoms with E-state index in [0.717, 1.165) is 5.56 Å². The lowest BCUT2D eigenvalue weighted by atomic mass is 9.95. The Labute approximate surface area is 182 Å². The highest BCUT2D eigenvalue weighted by molar-refractivity contribution is 5.55. The van der Waals surface area contributed by atoms with Gasteiger partial charge in [0.15, 0.2) is 0 Å². The Morgan fingerprint density at radius 2 is 1.38 bits per heavy atom. The van der Waals surface area contributed by atoms with Crippen LogP contribution in [0.3, 0.4) is 0 Å². The Balaban J connectivity index is 0. The lowest BCUT2D eigenvalue weighted by Gasteiger charge is -2.10. The van der Waals surface area contributed by atoms with E-state index in [-0.39, 0.29) is 5.41 Å². The van der Waals surface area contributed by atoms with Crippen molar-refractivity contribution in [3.63, 3.8) is 0 Å². The van der Waals surface area contributed by atoms with E-state index in [9.17, 15) is 0 Å². The second-order valence-electron chi connectivity index (χ2n) is 7.75. The fourth-order valence-electron chi connectivity index (χ4n) is 2.49. The number of allylic oxidation sites excluding steroid dienone is 1. The molecule has 29 heavy (non-hydrogen) atoms. The Morgan fingerprint density at radius 3 is 1.79 bits per heavy atom. The fourth-order valence-corrected chi connectivity index (χ4v) is 2.49. The minimum absolute atomic E-state index is 0.247. The second-order valence-corrected chi connectivity index (χ2v) is 7.75. The minimum atomic E-state index is 0.247. The Hall–Kier alpha value is -2.34. The molecule has 0 spiro atoms. The van der Waals surface area contributed by atoms with Crippen molar-refractivity contribution >= 4 is 12.2 Å². The first-order valence-corrected chi connectivity index (χ1v) is 10.7. The standard InChI is InChI=1S/C14H18.C11H16.C2H6.C2H4/c1-5-12-6-8-13(9-7-12)10-11-14(2,3)4;1-4-5-11-7-6-9(2)8-10(11)3;2*1-2/h5-11H,1H2,2-4H3;6-8H,4-5H2,1-3H3;1-2H3;1-2H2/b11-10+;;;. The molecule has 0 heteroatoms. The van der Waals surface area contributed by atoms with Crippen LogP contribution in [0.5, 0.6) is 0 Å². The lowest BCUT2D eigenvalue weighted by molar-refractivity contribution is 0.547. The molecule has 0 saturated carbocycles. The van der Waals surface area contributed by atoms with Crippen LogP contribution >= 0.6 is 0 Å². The molecular formula is C29H44. The van der Waals surface area contributed by atoms with E-state index < -0.39 is 0 Å². The molecule has 0 saturated heterocycles. The lowest BCUT2D eigenvalue weighted by Crippen LogP contribution is -1.97. The predicted octanol–water partition coefficient (Wildman–Crippen LogP) is 9.47. The van der Waals surface area contributed by atoms with Gasteiger partial charge in [-0.2, -0.15) is 0 Å². The molecule has 0 N–H and O–H groups in total. The highest BCUT2D eigenvalue weighted by atomic mass is 14.1. The number of benzene rings is 2. The average molecular weight is 393 g/mol. The van der Waals surface area contributed by atoms with Gasteiger partial charge in [0, 0.05) is 0 Å². The van der Waals surface area contributed by atoms with Crippen LogP contribution in [0.2, 0.25) is 0 Å². The first kappa shape index (κ1) is 28.9. The summed E-state index contributed by atoms with van der Waals surface area (Å²) >= 11 is 0. The molecule has 0 aliphatic rings. The molecule has 0 nitrogen and oxygen atoms in total. The van der Waals surface area contributed by atoms with Crippen LogP contribution in [0.25, 0.3) is 12.2 Å². The molecule has 0 atom stereocenters. The van der Waals surface area contributed by atoms with Gasteiger partial charge in [0.05, 0.1) is 0 Å². The molecule has 160 valence electrons. The summed E-state index contributed by atoms with van der Waals surface area (Å²) in [5.41, 5.74) is 6.95. The van der Waals surface area contributed by atoms with Gasteiger partial charge in [-0.25, -0.2) is 0 Å². The van der Waals surface area contributed by atoms with Crippen molar-refractivity contribution in [3.8, 4) is 0 Å². The van der Waals surface area contributed by atoms with E-state index in [2.05, 4.69) is 116 Å². The molecule has 0 unspecified atom stereocenters. The fraction of sp³-hybridized carbons (Fsp3) is 0.379. The molecule has 0 heterocycles. The maximum absolute atomic E-state index is 3.73. The summed E-state index contributed by atoms with van der Waals surface area (Å²) in [7, 11) is 0. The van der Waals surface area contributed by atoms with E-state index >= 15 is 0 Å². The van der Waals surface area contributed by atoms with Gasteiger partial charge in [-0.15, -0.1) is 13.2 Å². The number of hydrogen-bond acceptors (Lipinski definition) is 0. The molecule has 0 bridgehead atoms. The van der Waals surface area contributed by atoms with Crippen LogP contribution in [-0.4, -0.2) is 0 Å². The maximum atomic E-state index is 3.73. The van der Waals surface area contributed by atoms with Gasteiger partial charge in [0.2, 0.25) is 0 Å². The van der Waals surface area contributed by atoms with Crippen molar-refractivity contribution in [2.45, 2.75) is 68.2 Å². The molecule has 0 fully saturated rings. The second kappa shape index (κ2) is 16.6. The third-order valence-electron chi connectivity index (χ3n) is 3.97. The average Bonchev–Trinajstić information content (AvgIpc) is 2.72. The van der Waals surface area contributed by atoms with Crippen LogP contribution in [0.15, 0.2) is 68.3 Å². The highest BCUT2D eigenvalue weighted by Gasteiger charge is 2.03. The van der Waals surface area contributed by atoms with E-state index in [1.165, 1.54) is 35.1 Å². The summed E-state index contributed by atoms with van der Waals surface area (Å²) in [6.07, 6.45) is 8.69. The summed E-state index contributed by atoms with van der Waals surface area (Å²) in [6.45, 7) is 26.9. The molecule has 0 aliphatic heterocycles. The Kier molecular flexibility index (Phi) is 16.5. The van der Waals surface area contributed by atoms with Crippen LogP contribution in [0.1, 0.15) is 75.8 Å². The molecule has 0 amide bonds. The monoisotopic (exact) mass is 392 g/mol. The van der Waals surface area contributed by atoms with Crippen LogP contribution in [0.4, 0.5) is 0 Å². The molecule has 2 aromatic rings. The number of rotatable bonds is 4. The summed E-state index contributed by atoms with van der Waals surface area (Å²) in [5.74, 6) is 0. The van der Waals surface area contributed by atoms with Crippen LogP contribution < -0.4 is 0 Å². The van der Waals surface area contributed by atoms with Crippen molar-refractivity contribution < 1.29 is 0 Å². The SMILES string of the molecule is C=C.C=Cc1ccc(/C=C/C(C)(C)C)cc1.CC.CCCc1ccc(C)cc1C. The third kappa shape index (κ3) is 14.3. The molecule has 2 rings (SSSR count). The van der Waals surface area contributed by atoms with Crippen molar-refractivity contribution in [2.75, 3.05) is 0 Å². The largest absolute Gasteiger partial charge is 0.106 e. The minimum Gasteiger partial charge on any atom is -0.106 e. The first-order valence-electron chi connectivity index (χ1n) is 10.7. The van der Waals surface area contributed by atoms with Gasteiger partial charge in [-0.1, -0.05) is 121 Å². The topological polar surface area (TPSA) is 0 Å². The number of hydrogen-bond donors (Lipinski definition) is 0. The molecule has 2 aromatic carbocycles. The summed E-state index contributed by atoms with van der Waals surface area (Å²) < 4.78 is 0. The van der Waals surface area contributed by atoms with Gasteiger partial charge in [-0.3, -0.25) is 0 Å². The zero-order valence-electron chi connectivity index (χ0n) is 20.3. The van der Waals surface area contributed by atoms with Crippen molar-refractivity contribution in [1.29, 1.82) is 0 Å². The third-order valence-corrected chi connectivity index (χ3v) is 3.97. The number of aryl methyl sites for hydroxylation is 3. The zero-order chi connectivity index (χ0) is 22.9. The summed E-state index contributed by atoms with van der Waals surface area (Å²) in [6, 6.07) is 15.1. The van der Waals surface area contributed by atoms with Gasteiger partial charge >= 0.3 is 0 Å². The van der Waals surface area contributed by atoms with E-state index in [0.29, 0.717) is 0 Å². The van der Waals surface area contributed by atoms with E-state index in [1.807, 2.05) is 19.9 Å². The Morgan fingerprint density at radius 1 is 0.862 bits per heavy atom. The highest BCUT2D eigenvalue weighted by Crippen LogP contribution is 2.17. The van der Waals surface area contributed by atoms with Crippen LogP contribution in [0, 0.1) is 19.3 Å². The van der Waals surface area contributed by atoms with E-state index in [4.69, 9.17) is 0 Å². The zero-order valence-corrected chi connectivity index (χ0v) is 20.3. The molecular weight excluding hydrogens is 348 g/mol. The molecule has 0 aromatic heterocycles. The maximum Gasteiger partial charge on any atom is -0.0200 e. The predicted molar refractivity (Wildman–Crippen MR) is 138 cm³/mol. The smallest absolute Gasteiger partial charge is 0.0200 e. The van der Waals surface area contributed by atoms with Gasteiger partial charge in [0.25, 0.3) is 0 Å². The van der Waals surface area contributed by atoms with Crippen molar-refractivity contribution in [3.05, 3.63) is 96.1 Å². The normalized spacial score (nSPS) is 9.93. The summed E-state index contributed by atoms with van der Waals surface area (Å²) in [4.78, 5) is 0. The summed E-state index contributed by atoms with van der Waals surface area (Å²) in [5, 5.41) is 0. The quantitative estimate of drug-likeness (QED) is 0.454. The van der Waals surface area contributed by atoms with Crippen molar-refractivity contribution in [2.24, 2.45) is 5.41 Å². The van der Waals surface area contributed by atoms with Crippen molar-refractivity contribution in [1.82, 2.24) is 0 Å². The first-order chi connectivity index (χ1) is 13.7. The van der Waals surface area contributed by atoms with Gasteiger partial charge in [0.1, 0.15) is 0 Å². The van der Waals surface area contributed by atoms with E-state index in [1.54, 1.807) is 0 Å². The van der Waals surface area contributed by atoms with Crippen LogP contribution in [-0.2, 0) is 6.42 Å². The molecule has 0 radical (unpaired) electrons. The van der Waals surface area contributed by atoms with Gasteiger partial charge < -0.3 is 0 Å². The molecule has 0 aliphatic carbocycles.